The molecule has 2 aliphatic heterocycles. The average molecular weight is 470 g/mol. The number of rotatable bonds is 3. The maximum atomic E-state index is 14.0. The van der Waals surface area contributed by atoms with Gasteiger partial charge in [0.15, 0.2) is 11.2 Å². The van der Waals surface area contributed by atoms with Crippen molar-refractivity contribution in [2.75, 3.05) is 4.90 Å². The molecule has 0 bridgehead atoms. The Kier molecular flexibility index (Phi) is 5.22. The number of benzene rings is 3. The van der Waals surface area contributed by atoms with E-state index in [1.54, 1.807) is 42.5 Å². The van der Waals surface area contributed by atoms with Crippen LogP contribution in [0.3, 0.4) is 0 Å². The van der Waals surface area contributed by atoms with E-state index in [1.807, 2.05) is 47.4 Å². The van der Waals surface area contributed by atoms with Crippen molar-refractivity contribution < 1.29 is 4.79 Å². The number of Topliss-reactive ketones (excluding diaryl/α,β-unsaturated/α-hetero) is 1. The quantitative estimate of drug-likeness (QED) is 0.423. The highest BCUT2D eigenvalue weighted by Crippen LogP contribution is 2.56. The van der Waals surface area contributed by atoms with Gasteiger partial charge in [0.05, 0.1) is 18.2 Å². The molecular formula is C27H17Cl2N3O. The summed E-state index contributed by atoms with van der Waals surface area (Å²) >= 11 is 12.8. The van der Waals surface area contributed by atoms with Gasteiger partial charge in [-0.15, -0.1) is 0 Å². The Morgan fingerprint density at radius 2 is 1.64 bits per heavy atom. The number of halogens is 2. The Bertz CT molecular complexity index is 1360. The van der Waals surface area contributed by atoms with Crippen molar-refractivity contribution in [3.05, 3.63) is 106 Å². The maximum absolute atomic E-state index is 14.0. The Hall–Kier alpha value is -3.57. The fourth-order valence-electron chi connectivity index (χ4n) is 5.10. The predicted octanol–water partition coefficient (Wildman–Crippen LogP) is 6.28. The number of para-hydroxylation sites is 1. The van der Waals surface area contributed by atoms with Crippen molar-refractivity contribution in [1.82, 2.24) is 0 Å². The van der Waals surface area contributed by atoms with Gasteiger partial charge >= 0.3 is 0 Å². The molecule has 5 rings (SSSR count). The number of hydrogen-bond donors (Lipinski definition) is 0. The van der Waals surface area contributed by atoms with Gasteiger partial charge < -0.3 is 4.90 Å². The van der Waals surface area contributed by atoms with E-state index >= 15 is 0 Å². The molecule has 1 saturated heterocycles. The van der Waals surface area contributed by atoms with Crippen molar-refractivity contribution in [1.29, 1.82) is 10.5 Å². The molecule has 0 aliphatic carbocycles. The molecule has 0 aromatic heterocycles. The molecule has 33 heavy (non-hydrogen) atoms. The minimum absolute atomic E-state index is 0.172. The number of hydrogen-bond acceptors (Lipinski definition) is 4. The van der Waals surface area contributed by atoms with Gasteiger partial charge in [-0.2, -0.15) is 10.5 Å². The van der Waals surface area contributed by atoms with Gasteiger partial charge in [0, 0.05) is 27.2 Å². The van der Waals surface area contributed by atoms with Crippen LogP contribution < -0.4 is 4.90 Å². The number of carbonyl (C=O) groups excluding carboxylic acids is 1. The van der Waals surface area contributed by atoms with Crippen molar-refractivity contribution in [3.63, 3.8) is 0 Å². The number of carbonyl (C=O) groups is 1. The summed E-state index contributed by atoms with van der Waals surface area (Å²) < 4.78 is 0. The second-order valence-corrected chi connectivity index (χ2v) is 9.02. The van der Waals surface area contributed by atoms with Crippen LogP contribution in [0.1, 0.15) is 27.4 Å². The molecule has 0 saturated carbocycles. The lowest BCUT2D eigenvalue weighted by molar-refractivity contribution is 0.0951. The summed E-state index contributed by atoms with van der Waals surface area (Å²) in [6, 6.07) is 24.7. The van der Waals surface area contributed by atoms with Crippen molar-refractivity contribution in [3.8, 4) is 12.1 Å². The van der Waals surface area contributed by atoms with E-state index in [9.17, 15) is 15.3 Å². The fraction of sp³-hybridized carbons (Fsp3) is 0.148. The van der Waals surface area contributed by atoms with Crippen LogP contribution in [0.25, 0.3) is 6.08 Å². The Balaban J connectivity index is 1.81. The number of ketones is 1. The van der Waals surface area contributed by atoms with E-state index in [1.165, 1.54) is 0 Å². The first kappa shape index (κ1) is 21.3. The van der Waals surface area contributed by atoms with E-state index in [0.29, 0.717) is 21.2 Å². The fourth-order valence-corrected chi connectivity index (χ4v) is 5.63. The van der Waals surface area contributed by atoms with E-state index in [4.69, 9.17) is 23.2 Å². The SMILES string of the molecule is N#CC1(C#N)[C@@H]2C=Cc3ccccc3N2[C@@H](C(=O)c2ccccc2)[C@@H]1c1ccc(Cl)cc1Cl. The normalized spacial score (nSPS) is 22.1. The molecule has 2 heterocycles. The molecule has 0 spiro atoms. The number of nitrogens with zero attached hydrogens (tertiary/aromatic N) is 3. The smallest absolute Gasteiger partial charge is 0.185 e. The van der Waals surface area contributed by atoms with Gasteiger partial charge in [0.25, 0.3) is 0 Å². The summed E-state index contributed by atoms with van der Waals surface area (Å²) in [4.78, 5) is 16.0. The van der Waals surface area contributed by atoms with Gasteiger partial charge in [0.1, 0.15) is 6.04 Å². The zero-order valence-corrected chi connectivity index (χ0v) is 18.8. The molecule has 2 aliphatic rings. The van der Waals surface area contributed by atoms with Crippen LogP contribution in [0.5, 0.6) is 0 Å². The third-order valence-electron chi connectivity index (χ3n) is 6.54. The summed E-state index contributed by atoms with van der Waals surface area (Å²) in [6.45, 7) is 0. The van der Waals surface area contributed by atoms with E-state index in [0.717, 1.165) is 11.3 Å². The number of anilines is 1. The van der Waals surface area contributed by atoms with Crippen molar-refractivity contribution >= 4 is 40.7 Å². The molecule has 3 atom stereocenters. The lowest BCUT2D eigenvalue weighted by atomic mass is 9.69. The monoisotopic (exact) mass is 469 g/mol. The standard InChI is InChI=1S/C27H17Cl2N3O/c28-19-11-12-20(21(29)14-19)24-25(26(33)18-7-2-1-3-8-18)32-22-9-5-4-6-17(22)10-13-23(32)27(24,15-30)16-31/h1-14,23-25H/t23-,24-,25+/m0/s1. The van der Waals surface area contributed by atoms with E-state index < -0.39 is 23.4 Å². The van der Waals surface area contributed by atoms with Crippen LogP contribution >= 0.6 is 23.2 Å². The van der Waals surface area contributed by atoms with Gasteiger partial charge in [0.2, 0.25) is 0 Å². The summed E-state index contributed by atoms with van der Waals surface area (Å²) in [5.41, 5.74) is 1.25. The molecule has 3 aromatic rings. The van der Waals surface area contributed by atoms with Crippen LogP contribution in [-0.2, 0) is 0 Å². The minimum Gasteiger partial charge on any atom is -0.351 e. The van der Waals surface area contributed by atoms with Gasteiger partial charge in [-0.25, -0.2) is 0 Å². The molecule has 0 N–H and O–H groups in total. The molecular weight excluding hydrogens is 453 g/mol. The largest absolute Gasteiger partial charge is 0.351 e. The summed E-state index contributed by atoms with van der Waals surface area (Å²) in [5.74, 6) is -0.972. The van der Waals surface area contributed by atoms with Crippen LogP contribution in [0, 0.1) is 28.1 Å². The van der Waals surface area contributed by atoms with Crippen LogP contribution in [0.4, 0.5) is 5.69 Å². The Morgan fingerprint density at radius 3 is 2.33 bits per heavy atom. The van der Waals surface area contributed by atoms with Gasteiger partial charge in [-0.3, -0.25) is 4.79 Å². The highest BCUT2D eigenvalue weighted by molar-refractivity contribution is 6.35. The van der Waals surface area contributed by atoms with Gasteiger partial charge in [-0.1, -0.05) is 90.0 Å². The van der Waals surface area contributed by atoms with Crippen LogP contribution in [-0.4, -0.2) is 17.9 Å². The highest BCUT2D eigenvalue weighted by atomic mass is 35.5. The van der Waals surface area contributed by atoms with Gasteiger partial charge in [-0.05, 0) is 29.3 Å². The first-order valence-electron chi connectivity index (χ1n) is 10.4. The second-order valence-electron chi connectivity index (χ2n) is 8.18. The zero-order valence-electron chi connectivity index (χ0n) is 17.3. The lowest BCUT2D eigenvalue weighted by Gasteiger charge is -2.35. The van der Waals surface area contributed by atoms with Crippen LogP contribution in [0.2, 0.25) is 10.0 Å². The van der Waals surface area contributed by atoms with Crippen molar-refractivity contribution in [2.24, 2.45) is 5.41 Å². The number of nitriles is 2. The molecule has 6 heteroatoms. The topological polar surface area (TPSA) is 67.9 Å². The minimum atomic E-state index is -1.55. The predicted molar refractivity (Wildman–Crippen MR) is 129 cm³/mol. The highest BCUT2D eigenvalue weighted by Gasteiger charge is 2.63. The van der Waals surface area contributed by atoms with E-state index in [2.05, 4.69) is 12.1 Å². The summed E-state index contributed by atoms with van der Waals surface area (Å²) in [5, 5.41) is 21.6. The maximum Gasteiger partial charge on any atom is 0.185 e. The molecule has 0 radical (unpaired) electrons. The summed E-state index contributed by atoms with van der Waals surface area (Å²) in [7, 11) is 0. The number of fused-ring (bicyclic) bond motifs is 3. The average Bonchev–Trinajstić information content (AvgIpc) is 3.15. The molecule has 0 unspecified atom stereocenters. The summed E-state index contributed by atoms with van der Waals surface area (Å²) in [6.07, 6.45) is 3.76. The Labute approximate surface area is 201 Å². The molecule has 1 fully saturated rings. The van der Waals surface area contributed by atoms with Crippen LogP contribution in [0.15, 0.2) is 78.9 Å². The molecule has 4 nitrogen and oxygen atoms in total. The first-order chi connectivity index (χ1) is 16.0. The lowest BCUT2D eigenvalue weighted by Crippen LogP contribution is -2.44. The molecule has 3 aromatic carbocycles. The molecule has 160 valence electrons. The third-order valence-corrected chi connectivity index (χ3v) is 7.10. The second kappa shape index (κ2) is 8.09. The Morgan fingerprint density at radius 1 is 0.939 bits per heavy atom. The zero-order chi connectivity index (χ0) is 23.2. The third kappa shape index (κ3) is 3.15. The first-order valence-corrected chi connectivity index (χ1v) is 11.2. The molecule has 0 amide bonds. The van der Waals surface area contributed by atoms with E-state index in [-0.39, 0.29) is 5.78 Å². The van der Waals surface area contributed by atoms with Crippen molar-refractivity contribution in [2.45, 2.75) is 18.0 Å².